The van der Waals surface area contributed by atoms with E-state index in [2.05, 4.69) is 74.6 Å². The molecular formula is C45H76O14. The first kappa shape index (κ1) is 52.8. The molecule has 2 saturated heterocycles. The quantitative estimate of drug-likeness (QED) is 0.0280. The van der Waals surface area contributed by atoms with E-state index in [0.29, 0.717) is 13.0 Å². The Balaban J connectivity index is 1.81. The summed E-state index contributed by atoms with van der Waals surface area (Å²) in [6.45, 7) is 3.37. The molecule has 0 aromatic heterocycles. The highest BCUT2D eigenvalue weighted by Gasteiger charge is 2.47. The number of aliphatic hydroxyl groups excluding tert-OH is 7. The molecule has 0 aliphatic carbocycles. The van der Waals surface area contributed by atoms with Crippen molar-refractivity contribution < 1.29 is 69.0 Å². The monoisotopic (exact) mass is 841 g/mol. The van der Waals surface area contributed by atoms with Crippen LogP contribution in [0, 0.1) is 0 Å². The Hall–Kier alpha value is -2.31. The average Bonchev–Trinajstić information content (AvgIpc) is 3.23. The number of ether oxygens (including phenoxy) is 6. The zero-order chi connectivity index (χ0) is 43.1. The number of carbonyl (C=O) groups excluding carboxylic acids is 1. The maximum atomic E-state index is 12.8. The van der Waals surface area contributed by atoms with Crippen LogP contribution in [-0.4, -0.2) is 142 Å². The zero-order valence-corrected chi connectivity index (χ0v) is 35.5. The Morgan fingerprint density at radius 3 is 1.69 bits per heavy atom. The van der Waals surface area contributed by atoms with Crippen LogP contribution in [0.1, 0.15) is 117 Å². The standard InChI is InChI=1S/C45H76O14/c1-3-5-7-9-11-12-13-14-15-16-17-18-19-20-21-23-25-27-29-54-31-34(57-37(47)28-26-24-22-10-8-6-4-2)32-55-44-43(53)41(51)39(49)36(59-44)33-56-45-42(52)40(50)38(48)35(30-46)58-45/h5,7,11-12,14-15,17-18,20-21,34-36,38-46,48-53H,3-4,6,8-10,13,16,19,22-33H2,1-2H3/b7-5-,12-11-,15-14-,18-17-,21-20-. The molecule has 0 radical (unpaired) electrons. The van der Waals surface area contributed by atoms with Crippen LogP contribution >= 0.6 is 0 Å². The molecule has 2 fully saturated rings. The molecule has 0 amide bonds. The van der Waals surface area contributed by atoms with Gasteiger partial charge < -0.3 is 64.2 Å². The van der Waals surface area contributed by atoms with Crippen LogP contribution in [0.15, 0.2) is 60.8 Å². The molecular weight excluding hydrogens is 764 g/mol. The predicted molar refractivity (Wildman–Crippen MR) is 224 cm³/mol. The summed E-state index contributed by atoms with van der Waals surface area (Å²) in [5.41, 5.74) is 0. The first-order valence-corrected chi connectivity index (χ1v) is 21.9. The maximum absolute atomic E-state index is 12.8. The van der Waals surface area contributed by atoms with Crippen LogP contribution in [-0.2, 0) is 33.2 Å². The van der Waals surface area contributed by atoms with Crippen LogP contribution in [0.5, 0.6) is 0 Å². The summed E-state index contributed by atoms with van der Waals surface area (Å²) in [6, 6.07) is 0. The van der Waals surface area contributed by atoms with Crippen molar-refractivity contribution in [3.8, 4) is 0 Å². The van der Waals surface area contributed by atoms with Crippen molar-refractivity contribution in [2.45, 2.75) is 184 Å². The largest absolute Gasteiger partial charge is 0.457 e. The van der Waals surface area contributed by atoms with E-state index in [1.54, 1.807) is 0 Å². The van der Waals surface area contributed by atoms with Gasteiger partial charge in [-0.15, -0.1) is 0 Å². The molecule has 2 aliphatic heterocycles. The number of rotatable bonds is 32. The minimum absolute atomic E-state index is 0.0298. The van der Waals surface area contributed by atoms with E-state index in [1.165, 1.54) is 19.3 Å². The van der Waals surface area contributed by atoms with E-state index >= 15 is 0 Å². The van der Waals surface area contributed by atoms with Crippen molar-refractivity contribution in [3.05, 3.63) is 60.8 Å². The van der Waals surface area contributed by atoms with Gasteiger partial charge in [0.15, 0.2) is 12.6 Å². The van der Waals surface area contributed by atoms with E-state index < -0.39 is 86.7 Å². The molecule has 7 N–H and O–H groups in total. The number of carbonyl (C=O) groups is 1. The second-order valence-electron chi connectivity index (χ2n) is 15.1. The minimum atomic E-state index is -1.71. The summed E-state index contributed by atoms with van der Waals surface area (Å²) in [4.78, 5) is 12.8. The van der Waals surface area contributed by atoms with Gasteiger partial charge in [0.05, 0.1) is 26.4 Å². The molecule has 0 aromatic carbocycles. The molecule has 2 heterocycles. The van der Waals surface area contributed by atoms with Gasteiger partial charge in [0.1, 0.15) is 54.9 Å². The van der Waals surface area contributed by atoms with E-state index in [9.17, 15) is 40.5 Å². The van der Waals surface area contributed by atoms with E-state index in [-0.39, 0.29) is 19.6 Å². The summed E-state index contributed by atoms with van der Waals surface area (Å²) in [7, 11) is 0. The zero-order valence-electron chi connectivity index (χ0n) is 35.5. The fourth-order valence-corrected chi connectivity index (χ4v) is 6.43. The molecule has 2 rings (SSSR count). The van der Waals surface area contributed by atoms with E-state index in [1.807, 2.05) is 0 Å². The number of hydrogen-bond acceptors (Lipinski definition) is 14. The highest BCUT2D eigenvalue weighted by atomic mass is 16.7. The molecule has 11 unspecified atom stereocenters. The summed E-state index contributed by atoms with van der Waals surface area (Å²) in [5.74, 6) is -0.402. The third-order valence-electron chi connectivity index (χ3n) is 10.0. The van der Waals surface area contributed by atoms with Crippen molar-refractivity contribution in [2.75, 3.05) is 33.0 Å². The van der Waals surface area contributed by atoms with Crippen molar-refractivity contribution in [3.63, 3.8) is 0 Å². The van der Waals surface area contributed by atoms with Gasteiger partial charge in [-0.3, -0.25) is 4.79 Å². The van der Waals surface area contributed by atoms with Gasteiger partial charge in [0.2, 0.25) is 0 Å². The van der Waals surface area contributed by atoms with Gasteiger partial charge in [-0.1, -0.05) is 113 Å². The normalized spacial score (nSPS) is 28.6. The highest BCUT2D eigenvalue weighted by Crippen LogP contribution is 2.26. The maximum Gasteiger partial charge on any atom is 0.306 e. The van der Waals surface area contributed by atoms with Crippen LogP contribution in [0.25, 0.3) is 0 Å². The lowest BCUT2D eigenvalue weighted by molar-refractivity contribution is -0.332. The SMILES string of the molecule is CC/C=C\C/C=C\C/C=C\C/C=C\C/C=C\CCCCOCC(COC1OC(COC2OC(CO)C(O)C(O)C2O)C(O)C(O)C1O)OC(=O)CCCCCCCCC. The number of aliphatic hydroxyl groups is 7. The highest BCUT2D eigenvalue weighted by molar-refractivity contribution is 5.69. The molecule has 0 saturated carbocycles. The van der Waals surface area contributed by atoms with Crippen molar-refractivity contribution in [2.24, 2.45) is 0 Å². The molecule has 14 nitrogen and oxygen atoms in total. The topological polar surface area (TPSA) is 214 Å². The number of unbranched alkanes of at least 4 members (excludes halogenated alkanes) is 8. The molecule has 0 aromatic rings. The number of hydrogen-bond donors (Lipinski definition) is 7. The summed E-state index contributed by atoms with van der Waals surface area (Å²) in [5, 5.41) is 71.7. The van der Waals surface area contributed by atoms with Crippen molar-refractivity contribution in [1.82, 2.24) is 0 Å². The first-order valence-electron chi connectivity index (χ1n) is 21.9. The first-order chi connectivity index (χ1) is 28.6. The lowest BCUT2D eigenvalue weighted by Gasteiger charge is -2.42. The van der Waals surface area contributed by atoms with E-state index in [0.717, 1.165) is 70.6 Å². The second-order valence-corrected chi connectivity index (χ2v) is 15.1. The Labute approximate surface area is 352 Å². The molecule has 11 atom stereocenters. The van der Waals surface area contributed by atoms with Crippen LogP contribution in [0.3, 0.4) is 0 Å². The predicted octanol–water partition coefficient (Wildman–Crippen LogP) is 4.62. The van der Waals surface area contributed by atoms with Gasteiger partial charge >= 0.3 is 5.97 Å². The minimum Gasteiger partial charge on any atom is -0.457 e. The van der Waals surface area contributed by atoms with Gasteiger partial charge in [0.25, 0.3) is 0 Å². The lowest BCUT2D eigenvalue weighted by atomic mass is 9.98. The van der Waals surface area contributed by atoms with Gasteiger partial charge in [-0.05, 0) is 57.8 Å². The molecule has 0 bridgehead atoms. The van der Waals surface area contributed by atoms with Crippen LogP contribution < -0.4 is 0 Å². The van der Waals surface area contributed by atoms with Gasteiger partial charge in [-0.2, -0.15) is 0 Å². The molecule has 0 spiro atoms. The second kappa shape index (κ2) is 33.3. The Morgan fingerprint density at radius 1 is 0.576 bits per heavy atom. The third kappa shape index (κ3) is 22.4. The molecule has 14 heteroatoms. The Morgan fingerprint density at radius 2 is 1.10 bits per heavy atom. The van der Waals surface area contributed by atoms with Crippen molar-refractivity contribution >= 4 is 5.97 Å². The summed E-state index contributed by atoms with van der Waals surface area (Å²) in [6.07, 6.45) is 20.4. The summed E-state index contributed by atoms with van der Waals surface area (Å²) >= 11 is 0. The molecule has 340 valence electrons. The van der Waals surface area contributed by atoms with Crippen LogP contribution in [0.2, 0.25) is 0 Å². The van der Waals surface area contributed by atoms with E-state index in [4.69, 9.17) is 28.4 Å². The molecule has 2 aliphatic rings. The third-order valence-corrected chi connectivity index (χ3v) is 10.0. The Kier molecular flexibility index (Phi) is 29.8. The molecule has 59 heavy (non-hydrogen) atoms. The van der Waals surface area contributed by atoms with Crippen LogP contribution in [0.4, 0.5) is 0 Å². The number of esters is 1. The smallest absolute Gasteiger partial charge is 0.306 e. The van der Waals surface area contributed by atoms with Gasteiger partial charge in [-0.25, -0.2) is 0 Å². The summed E-state index contributed by atoms with van der Waals surface area (Å²) < 4.78 is 33.9. The fraction of sp³-hybridized carbons (Fsp3) is 0.756. The lowest BCUT2D eigenvalue weighted by Crippen LogP contribution is -2.61. The Bertz CT molecular complexity index is 1210. The average molecular weight is 841 g/mol. The number of allylic oxidation sites excluding steroid dienone is 10. The fourth-order valence-electron chi connectivity index (χ4n) is 6.43. The van der Waals surface area contributed by atoms with Gasteiger partial charge in [0, 0.05) is 13.0 Å². The van der Waals surface area contributed by atoms with Crippen molar-refractivity contribution in [1.29, 1.82) is 0 Å².